The van der Waals surface area contributed by atoms with Gasteiger partial charge in [-0.3, -0.25) is 0 Å². The number of hydrogen-bond acceptors (Lipinski definition) is 4. The fraction of sp³-hybridized carbons (Fsp3) is 0.333. The van der Waals surface area contributed by atoms with Crippen LogP contribution in [0.2, 0.25) is 0 Å². The Bertz CT molecular complexity index is 760. The number of pyridine rings is 1. The molecule has 2 amide bonds. The highest BCUT2D eigenvalue weighted by Crippen LogP contribution is 2.28. The first kappa shape index (κ1) is 17.5. The van der Waals surface area contributed by atoms with E-state index in [1.807, 2.05) is 29.2 Å². The van der Waals surface area contributed by atoms with E-state index in [0.29, 0.717) is 32.0 Å². The minimum absolute atomic E-state index is 0.0964. The van der Waals surface area contributed by atoms with Gasteiger partial charge in [-0.25, -0.2) is 9.78 Å². The van der Waals surface area contributed by atoms with Gasteiger partial charge in [0.2, 0.25) is 0 Å². The molecule has 1 fully saturated rings. The van der Waals surface area contributed by atoms with Gasteiger partial charge >= 0.3 is 6.03 Å². The number of aryl methyl sites for hydroxylation is 1. The van der Waals surface area contributed by atoms with Crippen LogP contribution in [0.5, 0.6) is 5.75 Å². The summed E-state index contributed by atoms with van der Waals surface area (Å²) in [6, 6.07) is 9.43. The monoisotopic (exact) mass is 404 g/mol. The van der Waals surface area contributed by atoms with Gasteiger partial charge in [0, 0.05) is 42.5 Å². The Morgan fingerprint density at radius 2 is 2.04 bits per heavy atom. The van der Waals surface area contributed by atoms with Gasteiger partial charge in [-0.2, -0.15) is 0 Å². The van der Waals surface area contributed by atoms with Crippen molar-refractivity contribution < 1.29 is 9.90 Å². The molecule has 2 N–H and O–H groups in total. The number of aromatic nitrogens is 1. The molecule has 0 bridgehead atoms. The normalized spacial score (nSPS) is 14.5. The number of nitrogens with zero attached hydrogens (tertiary/aromatic N) is 3. The lowest BCUT2D eigenvalue weighted by molar-refractivity contribution is 0.208. The minimum Gasteiger partial charge on any atom is -0.504 e. The zero-order valence-electron chi connectivity index (χ0n) is 14.1. The number of carbonyl (C=O) groups is 1. The van der Waals surface area contributed by atoms with Crippen molar-refractivity contribution in [3.8, 4) is 5.75 Å². The molecule has 132 valence electrons. The van der Waals surface area contributed by atoms with Crippen LogP contribution in [0.15, 0.2) is 41.0 Å². The number of urea groups is 1. The topological polar surface area (TPSA) is 68.7 Å². The fourth-order valence-electron chi connectivity index (χ4n) is 2.86. The standard InChI is InChI=1S/C18H21BrN4O2/c1-2-13-4-3-5-15(10-13)21-18(25)23-8-6-22(7-9-23)17-16(24)11-14(19)12-20-17/h3-5,10-12,24H,2,6-9H2,1H3,(H,21,25). The molecule has 0 spiro atoms. The maximum Gasteiger partial charge on any atom is 0.321 e. The smallest absolute Gasteiger partial charge is 0.321 e. The van der Waals surface area contributed by atoms with E-state index >= 15 is 0 Å². The summed E-state index contributed by atoms with van der Waals surface area (Å²) < 4.78 is 0.737. The first-order valence-corrected chi connectivity index (χ1v) is 9.10. The van der Waals surface area contributed by atoms with E-state index in [-0.39, 0.29) is 11.8 Å². The number of hydrogen-bond donors (Lipinski definition) is 2. The Labute approximate surface area is 155 Å². The predicted octanol–water partition coefficient (Wildman–Crippen LogP) is 3.47. The van der Waals surface area contributed by atoms with Crippen molar-refractivity contribution in [2.75, 3.05) is 36.4 Å². The van der Waals surface area contributed by atoms with E-state index in [0.717, 1.165) is 16.6 Å². The molecule has 1 aromatic carbocycles. The predicted molar refractivity (Wildman–Crippen MR) is 102 cm³/mol. The SMILES string of the molecule is CCc1cccc(NC(=O)N2CCN(c3ncc(Br)cc3O)CC2)c1. The number of rotatable bonds is 3. The van der Waals surface area contributed by atoms with E-state index in [1.165, 1.54) is 5.56 Å². The van der Waals surface area contributed by atoms with Crippen LogP contribution in [-0.4, -0.2) is 47.2 Å². The number of piperazine rings is 1. The second-order valence-electron chi connectivity index (χ2n) is 5.95. The minimum atomic E-state index is -0.0964. The summed E-state index contributed by atoms with van der Waals surface area (Å²) in [6.45, 7) is 4.51. The second-order valence-corrected chi connectivity index (χ2v) is 6.87. The van der Waals surface area contributed by atoms with Gasteiger partial charge in [0.25, 0.3) is 0 Å². The Balaban J connectivity index is 1.58. The van der Waals surface area contributed by atoms with Crippen molar-refractivity contribution >= 4 is 33.5 Å². The quantitative estimate of drug-likeness (QED) is 0.821. The molecule has 2 aromatic rings. The lowest BCUT2D eigenvalue weighted by atomic mass is 10.1. The van der Waals surface area contributed by atoms with Gasteiger partial charge in [-0.1, -0.05) is 19.1 Å². The molecule has 1 aromatic heterocycles. The Hall–Kier alpha value is -2.28. The van der Waals surface area contributed by atoms with Crippen LogP contribution in [-0.2, 0) is 6.42 Å². The molecule has 3 rings (SSSR count). The molecular weight excluding hydrogens is 384 g/mol. The first-order chi connectivity index (χ1) is 12.1. The van der Waals surface area contributed by atoms with Crippen molar-refractivity contribution in [3.05, 3.63) is 46.6 Å². The van der Waals surface area contributed by atoms with Crippen molar-refractivity contribution in [2.24, 2.45) is 0 Å². The summed E-state index contributed by atoms with van der Waals surface area (Å²) in [5.74, 6) is 0.697. The second kappa shape index (κ2) is 7.74. The summed E-state index contributed by atoms with van der Waals surface area (Å²) in [6.07, 6.45) is 2.60. The van der Waals surface area contributed by atoms with Gasteiger partial charge < -0.3 is 20.2 Å². The molecule has 1 aliphatic heterocycles. The van der Waals surface area contributed by atoms with Crippen LogP contribution in [0.25, 0.3) is 0 Å². The van der Waals surface area contributed by atoms with Crippen LogP contribution in [0, 0.1) is 0 Å². The summed E-state index contributed by atoms with van der Waals surface area (Å²) in [7, 11) is 0. The maximum atomic E-state index is 12.4. The number of aromatic hydroxyl groups is 1. The third kappa shape index (κ3) is 4.22. The molecule has 6 nitrogen and oxygen atoms in total. The first-order valence-electron chi connectivity index (χ1n) is 8.31. The number of anilines is 2. The van der Waals surface area contributed by atoms with Gasteiger partial charge in [-0.15, -0.1) is 0 Å². The zero-order valence-corrected chi connectivity index (χ0v) is 15.7. The van der Waals surface area contributed by atoms with Gasteiger partial charge in [0.1, 0.15) is 0 Å². The van der Waals surface area contributed by atoms with Gasteiger partial charge in [0.05, 0.1) is 0 Å². The summed E-state index contributed by atoms with van der Waals surface area (Å²) >= 11 is 3.29. The van der Waals surface area contributed by atoms with Crippen molar-refractivity contribution in [1.29, 1.82) is 0 Å². The van der Waals surface area contributed by atoms with Crippen LogP contribution in [0.3, 0.4) is 0 Å². The van der Waals surface area contributed by atoms with Gasteiger partial charge in [0.15, 0.2) is 11.6 Å². The van der Waals surface area contributed by atoms with Crippen LogP contribution in [0.4, 0.5) is 16.3 Å². The summed E-state index contributed by atoms with van der Waals surface area (Å²) in [4.78, 5) is 20.5. The van der Waals surface area contributed by atoms with Crippen molar-refractivity contribution in [2.45, 2.75) is 13.3 Å². The maximum absolute atomic E-state index is 12.4. The van der Waals surface area contributed by atoms with Crippen molar-refractivity contribution in [3.63, 3.8) is 0 Å². The average molecular weight is 405 g/mol. The number of amides is 2. The van der Waals surface area contributed by atoms with E-state index in [2.05, 4.69) is 33.2 Å². The highest BCUT2D eigenvalue weighted by Gasteiger charge is 2.23. The largest absolute Gasteiger partial charge is 0.504 e. The Morgan fingerprint density at radius 1 is 1.28 bits per heavy atom. The highest BCUT2D eigenvalue weighted by atomic mass is 79.9. The van der Waals surface area contributed by atoms with E-state index < -0.39 is 0 Å². The molecule has 0 saturated carbocycles. The Kier molecular flexibility index (Phi) is 5.43. The molecule has 2 heterocycles. The number of halogens is 1. The van der Waals surface area contributed by atoms with Crippen LogP contribution < -0.4 is 10.2 Å². The Morgan fingerprint density at radius 3 is 2.72 bits per heavy atom. The van der Waals surface area contributed by atoms with Crippen LogP contribution in [0.1, 0.15) is 12.5 Å². The fourth-order valence-corrected chi connectivity index (χ4v) is 3.18. The highest BCUT2D eigenvalue weighted by molar-refractivity contribution is 9.10. The van der Waals surface area contributed by atoms with Crippen molar-refractivity contribution in [1.82, 2.24) is 9.88 Å². The number of benzene rings is 1. The molecule has 0 unspecified atom stereocenters. The molecule has 0 atom stereocenters. The molecular formula is C18H21BrN4O2. The lowest BCUT2D eigenvalue weighted by Crippen LogP contribution is -2.50. The third-order valence-corrected chi connectivity index (χ3v) is 4.70. The molecule has 25 heavy (non-hydrogen) atoms. The van der Waals surface area contributed by atoms with E-state index in [4.69, 9.17) is 0 Å². The molecule has 0 aliphatic carbocycles. The van der Waals surface area contributed by atoms with E-state index in [1.54, 1.807) is 17.2 Å². The average Bonchev–Trinajstić information content (AvgIpc) is 2.62. The lowest BCUT2D eigenvalue weighted by Gasteiger charge is -2.35. The third-order valence-electron chi connectivity index (χ3n) is 4.27. The van der Waals surface area contributed by atoms with Gasteiger partial charge in [-0.05, 0) is 46.1 Å². The summed E-state index contributed by atoms with van der Waals surface area (Å²) in [5, 5.41) is 13.0. The molecule has 1 aliphatic rings. The molecule has 0 radical (unpaired) electrons. The number of carbonyl (C=O) groups excluding carboxylic acids is 1. The number of nitrogens with one attached hydrogen (secondary N) is 1. The van der Waals surface area contributed by atoms with E-state index in [9.17, 15) is 9.90 Å². The molecule has 1 saturated heterocycles. The zero-order chi connectivity index (χ0) is 17.8. The van der Waals surface area contributed by atoms with Crippen LogP contribution >= 0.6 is 15.9 Å². The molecule has 7 heteroatoms. The summed E-state index contributed by atoms with van der Waals surface area (Å²) in [5.41, 5.74) is 2.01.